The van der Waals surface area contributed by atoms with Gasteiger partial charge in [-0.15, -0.1) is 11.3 Å². The van der Waals surface area contributed by atoms with Crippen molar-refractivity contribution in [2.75, 3.05) is 71.6 Å². The van der Waals surface area contributed by atoms with E-state index in [1.165, 1.54) is 23.6 Å². The van der Waals surface area contributed by atoms with Crippen LogP contribution < -0.4 is 5.32 Å². The van der Waals surface area contributed by atoms with Gasteiger partial charge in [0, 0.05) is 18.7 Å². The number of amidine groups is 1. The van der Waals surface area contributed by atoms with Crippen molar-refractivity contribution >= 4 is 51.6 Å². The molecule has 1 N–H and O–H groups in total. The number of benzene rings is 1. The highest BCUT2D eigenvalue weighted by molar-refractivity contribution is 7.16. The van der Waals surface area contributed by atoms with Gasteiger partial charge in [0.1, 0.15) is 24.1 Å². The Hall–Kier alpha value is -3.64. The largest absolute Gasteiger partial charge is 0.464 e. The van der Waals surface area contributed by atoms with Crippen LogP contribution in [0.2, 0.25) is 0 Å². The molecule has 1 aromatic carbocycles. The van der Waals surface area contributed by atoms with Crippen LogP contribution in [0.25, 0.3) is 0 Å². The van der Waals surface area contributed by atoms with Gasteiger partial charge in [0.25, 0.3) is 0 Å². The predicted molar refractivity (Wildman–Crippen MR) is 149 cm³/mol. The summed E-state index contributed by atoms with van der Waals surface area (Å²) >= 11 is 1.72. The van der Waals surface area contributed by atoms with E-state index in [1.807, 2.05) is 24.3 Å². The first-order valence-electron chi connectivity index (χ1n) is 13.0. The average Bonchev–Trinajstić information content (AvgIpc) is 3.18. The van der Waals surface area contributed by atoms with E-state index in [9.17, 15) is 14.4 Å². The van der Waals surface area contributed by atoms with Gasteiger partial charge < -0.3 is 29.3 Å². The molecular formula is C27H36N5O6S+. The van der Waals surface area contributed by atoms with Gasteiger partial charge in [-0.05, 0) is 25.1 Å². The molecule has 2 aliphatic rings. The molecule has 4 rings (SSSR count). The Morgan fingerprint density at radius 2 is 1.69 bits per heavy atom. The van der Waals surface area contributed by atoms with Gasteiger partial charge in [0.05, 0.1) is 63.3 Å². The SMILES string of the molecule is CC(=O)OCCN(CCOC(C)=O)C(=O)OC[N+]1(C)CCN(C2=Nc3ccccc3Nc3sc(C)cc32)CC1. The fourth-order valence-electron chi connectivity index (χ4n) is 4.47. The summed E-state index contributed by atoms with van der Waals surface area (Å²) in [6, 6.07) is 10.2. The van der Waals surface area contributed by atoms with Crippen molar-refractivity contribution in [1.82, 2.24) is 9.80 Å². The number of rotatable bonds is 8. The zero-order valence-corrected chi connectivity index (χ0v) is 23.7. The molecular weight excluding hydrogens is 522 g/mol. The van der Waals surface area contributed by atoms with Crippen molar-refractivity contribution < 1.29 is 33.1 Å². The highest BCUT2D eigenvalue weighted by Gasteiger charge is 2.34. The molecule has 0 unspecified atom stereocenters. The summed E-state index contributed by atoms with van der Waals surface area (Å²) in [5, 5.41) is 4.64. The number of esters is 2. The quantitative estimate of drug-likeness (QED) is 0.298. The van der Waals surface area contributed by atoms with Crippen LogP contribution in [-0.4, -0.2) is 104 Å². The van der Waals surface area contributed by atoms with E-state index in [4.69, 9.17) is 19.2 Å². The van der Waals surface area contributed by atoms with E-state index in [0.717, 1.165) is 54.0 Å². The number of aryl methyl sites for hydroxylation is 1. The Bertz CT molecular complexity index is 1220. The Morgan fingerprint density at radius 1 is 1.05 bits per heavy atom. The number of carbonyl (C=O) groups is 3. The third kappa shape index (κ3) is 7.48. The minimum absolute atomic E-state index is 0.0374. The van der Waals surface area contributed by atoms with Crippen molar-refractivity contribution in [3.05, 3.63) is 40.8 Å². The van der Waals surface area contributed by atoms with Crippen molar-refractivity contribution in [2.45, 2.75) is 20.8 Å². The number of nitrogens with one attached hydrogen (secondary N) is 1. The number of hydrogen-bond acceptors (Lipinski definition) is 10. The third-order valence-corrected chi connectivity index (χ3v) is 7.65. The molecule has 11 nitrogen and oxygen atoms in total. The second kappa shape index (κ2) is 12.5. The van der Waals surface area contributed by atoms with Gasteiger partial charge in [0.15, 0.2) is 0 Å². The Balaban J connectivity index is 1.38. The minimum atomic E-state index is -0.537. The topological polar surface area (TPSA) is 110 Å². The van der Waals surface area contributed by atoms with Crippen molar-refractivity contribution in [3.63, 3.8) is 0 Å². The molecule has 1 fully saturated rings. The third-order valence-electron chi connectivity index (χ3n) is 6.68. The molecule has 0 spiro atoms. The molecule has 3 heterocycles. The zero-order valence-electron chi connectivity index (χ0n) is 22.9. The number of quaternary nitrogens is 1. The number of para-hydroxylation sites is 2. The standard InChI is InChI=1S/C27H36N5O6S/c1-19-17-22-25(28-23-7-5-6-8-24(23)29-26(22)39-19)30-9-13-32(4,14-10-30)18-38-27(35)31(11-15-36-20(2)33)12-16-37-21(3)34/h5-8,17,29H,9-16,18H2,1-4H3/q+1. The summed E-state index contributed by atoms with van der Waals surface area (Å²) in [4.78, 5) is 45.1. The molecule has 0 bridgehead atoms. The number of piperazine rings is 1. The molecule has 0 atom stereocenters. The number of ether oxygens (including phenoxy) is 3. The van der Waals surface area contributed by atoms with Crippen LogP contribution in [0.15, 0.2) is 35.3 Å². The monoisotopic (exact) mass is 558 g/mol. The molecule has 1 amide bonds. The molecule has 1 saturated heterocycles. The van der Waals surface area contributed by atoms with E-state index < -0.39 is 18.0 Å². The van der Waals surface area contributed by atoms with Crippen molar-refractivity contribution in [1.29, 1.82) is 0 Å². The summed E-state index contributed by atoms with van der Waals surface area (Å²) in [5.41, 5.74) is 3.01. The second-order valence-electron chi connectivity index (χ2n) is 9.94. The molecule has 2 aromatic rings. The van der Waals surface area contributed by atoms with E-state index in [2.05, 4.69) is 30.3 Å². The van der Waals surface area contributed by atoms with Gasteiger partial charge in [-0.2, -0.15) is 0 Å². The number of anilines is 2. The van der Waals surface area contributed by atoms with E-state index in [1.54, 1.807) is 11.3 Å². The number of thiophene rings is 1. The molecule has 0 radical (unpaired) electrons. The summed E-state index contributed by atoms with van der Waals surface area (Å²) in [7, 11) is 2.07. The highest BCUT2D eigenvalue weighted by atomic mass is 32.1. The summed E-state index contributed by atoms with van der Waals surface area (Å²) < 4.78 is 16.2. The molecule has 12 heteroatoms. The Kier molecular flexibility index (Phi) is 9.08. The van der Waals surface area contributed by atoms with Crippen LogP contribution in [0.3, 0.4) is 0 Å². The molecule has 39 heavy (non-hydrogen) atoms. The van der Waals surface area contributed by atoms with Crippen LogP contribution in [-0.2, 0) is 23.8 Å². The first kappa shape index (κ1) is 28.4. The highest BCUT2D eigenvalue weighted by Crippen LogP contribution is 2.39. The number of fused-ring (bicyclic) bond motifs is 2. The molecule has 0 saturated carbocycles. The number of nitrogens with zero attached hydrogens (tertiary/aromatic N) is 4. The molecule has 210 valence electrons. The van der Waals surface area contributed by atoms with Gasteiger partial charge in [-0.3, -0.25) is 14.1 Å². The average molecular weight is 559 g/mol. The first-order chi connectivity index (χ1) is 18.6. The number of carbonyl (C=O) groups excluding carboxylic acids is 3. The lowest BCUT2D eigenvalue weighted by atomic mass is 10.2. The molecule has 1 aromatic heterocycles. The number of aliphatic imine (C=N–C) groups is 1. The van der Waals surface area contributed by atoms with Crippen molar-refractivity contribution in [2.24, 2.45) is 4.99 Å². The Labute approximate surface area is 232 Å². The van der Waals surface area contributed by atoms with Gasteiger partial charge in [-0.25, -0.2) is 9.79 Å². The number of hydrogen-bond donors (Lipinski definition) is 1. The van der Waals surface area contributed by atoms with Crippen LogP contribution in [0.5, 0.6) is 0 Å². The normalized spacial score (nSPS) is 15.6. The van der Waals surface area contributed by atoms with Gasteiger partial charge in [0.2, 0.25) is 6.73 Å². The summed E-state index contributed by atoms with van der Waals surface area (Å²) in [5.74, 6) is 0.0974. The number of likely N-dealkylation sites (N-methyl/N-ethyl adjacent to an activating group) is 1. The molecule has 0 aliphatic carbocycles. The predicted octanol–water partition coefficient (Wildman–Crippen LogP) is 3.48. The van der Waals surface area contributed by atoms with Crippen LogP contribution in [0.4, 0.5) is 21.2 Å². The second-order valence-corrected chi connectivity index (χ2v) is 11.2. The van der Waals surface area contributed by atoms with Gasteiger partial charge >= 0.3 is 18.0 Å². The van der Waals surface area contributed by atoms with Crippen LogP contribution in [0.1, 0.15) is 24.3 Å². The lowest BCUT2D eigenvalue weighted by Crippen LogP contribution is -2.59. The number of amides is 1. The lowest BCUT2D eigenvalue weighted by Gasteiger charge is -2.42. The fraction of sp³-hybridized carbons (Fsp3) is 0.481. The van der Waals surface area contributed by atoms with E-state index in [-0.39, 0.29) is 33.0 Å². The minimum Gasteiger partial charge on any atom is -0.464 e. The van der Waals surface area contributed by atoms with E-state index in [0.29, 0.717) is 4.48 Å². The summed E-state index contributed by atoms with van der Waals surface area (Å²) in [6.07, 6.45) is -0.537. The van der Waals surface area contributed by atoms with Crippen molar-refractivity contribution in [3.8, 4) is 0 Å². The first-order valence-corrected chi connectivity index (χ1v) is 13.8. The Morgan fingerprint density at radius 3 is 2.33 bits per heavy atom. The van der Waals surface area contributed by atoms with Crippen LogP contribution in [0, 0.1) is 6.92 Å². The summed E-state index contributed by atoms with van der Waals surface area (Å²) in [6.45, 7) is 8.33. The van der Waals surface area contributed by atoms with Gasteiger partial charge in [-0.1, -0.05) is 12.1 Å². The lowest BCUT2D eigenvalue weighted by molar-refractivity contribution is -0.929. The maximum absolute atomic E-state index is 12.9. The van der Waals surface area contributed by atoms with Crippen LogP contribution >= 0.6 is 11.3 Å². The maximum Gasteiger partial charge on any atom is 0.414 e. The maximum atomic E-state index is 12.9. The molecule has 2 aliphatic heterocycles. The van der Waals surface area contributed by atoms with E-state index >= 15 is 0 Å². The zero-order chi connectivity index (χ0) is 28.0. The fourth-order valence-corrected chi connectivity index (χ4v) is 5.39. The smallest absolute Gasteiger partial charge is 0.414 e.